The molecule has 1 amide bonds. The molecule has 1 rings (SSSR count). The molecule has 1 fully saturated rings. The SMILES string of the molecule is CSC(C)=NOC(=O)N(C)SN(C(C)C)P1(=S)OCC(C)(C)CO1. The Morgan fingerprint density at radius 2 is 1.92 bits per heavy atom. The first-order valence-corrected chi connectivity index (χ1v) is 12.0. The highest BCUT2D eigenvalue weighted by atomic mass is 32.5. The summed E-state index contributed by atoms with van der Waals surface area (Å²) in [6, 6.07) is 0.0220. The highest BCUT2D eigenvalue weighted by Gasteiger charge is 2.40. The maximum atomic E-state index is 12.0. The normalized spacial score (nSPS) is 20.3. The Kier molecular flexibility index (Phi) is 8.52. The van der Waals surface area contributed by atoms with Crippen LogP contribution >= 0.6 is 30.5 Å². The lowest BCUT2D eigenvalue weighted by molar-refractivity contribution is 0.0486. The molecule has 0 radical (unpaired) electrons. The van der Waals surface area contributed by atoms with Crippen LogP contribution in [0.5, 0.6) is 0 Å². The van der Waals surface area contributed by atoms with Gasteiger partial charge in [0.05, 0.1) is 25.3 Å². The second-order valence-corrected chi connectivity index (χ2v) is 12.0. The van der Waals surface area contributed by atoms with Crippen molar-refractivity contribution in [2.75, 3.05) is 26.5 Å². The molecule has 0 aromatic rings. The molecule has 0 N–H and O–H groups in total. The molecule has 24 heavy (non-hydrogen) atoms. The van der Waals surface area contributed by atoms with Crippen molar-refractivity contribution in [3.8, 4) is 0 Å². The summed E-state index contributed by atoms with van der Waals surface area (Å²) in [7, 11) is 1.60. The van der Waals surface area contributed by atoms with Gasteiger partial charge in [0, 0.05) is 18.5 Å². The molecule has 0 aliphatic carbocycles. The molecule has 7 nitrogen and oxygen atoms in total. The van der Waals surface area contributed by atoms with Crippen molar-refractivity contribution in [2.24, 2.45) is 10.6 Å². The van der Waals surface area contributed by atoms with E-state index in [-0.39, 0.29) is 11.5 Å². The molecular formula is C13H26N3O4PS3. The van der Waals surface area contributed by atoms with Crippen molar-refractivity contribution in [3.05, 3.63) is 0 Å². The fourth-order valence-electron chi connectivity index (χ4n) is 1.48. The Hall–Kier alpha value is 0.170. The highest BCUT2D eigenvalue weighted by Crippen LogP contribution is 2.61. The third-order valence-electron chi connectivity index (χ3n) is 2.93. The molecule has 0 aromatic carbocycles. The van der Waals surface area contributed by atoms with Crippen molar-refractivity contribution >= 4 is 53.5 Å². The molecular weight excluding hydrogens is 389 g/mol. The van der Waals surface area contributed by atoms with Crippen LogP contribution in [0.25, 0.3) is 0 Å². The number of thioether (sulfide) groups is 1. The number of carbonyl (C=O) groups is 1. The summed E-state index contributed by atoms with van der Waals surface area (Å²) in [5.74, 6) is 0. The van der Waals surface area contributed by atoms with Crippen LogP contribution in [0.15, 0.2) is 5.16 Å². The molecule has 1 heterocycles. The number of rotatable bonds is 5. The molecule has 0 unspecified atom stereocenters. The first kappa shape index (κ1) is 22.2. The molecule has 0 atom stereocenters. The van der Waals surface area contributed by atoms with E-state index in [0.717, 1.165) is 12.1 Å². The number of carbonyl (C=O) groups excluding carboxylic acids is 1. The van der Waals surface area contributed by atoms with Crippen LogP contribution in [0, 0.1) is 5.41 Å². The summed E-state index contributed by atoms with van der Waals surface area (Å²) in [6.45, 7) is 8.24. The van der Waals surface area contributed by atoms with Gasteiger partial charge in [-0.15, -0.1) is 11.8 Å². The van der Waals surface area contributed by atoms with Crippen LogP contribution < -0.4 is 0 Å². The standard InChI is InChI=1S/C13H26N3O4PS3/c1-10(2)16(21(22)18-8-13(4,5)9-19-21)24-15(6)12(17)20-14-11(3)23-7/h10H,8-9H2,1-7H3. The van der Waals surface area contributed by atoms with Crippen molar-refractivity contribution in [1.29, 1.82) is 0 Å². The van der Waals surface area contributed by atoms with E-state index in [1.807, 2.05) is 24.2 Å². The summed E-state index contributed by atoms with van der Waals surface area (Å²) in [5.41, 5.74) is -0.0650. The number of hydrogen-bond donors (Lipinski definition) is 0. The van der Waals surface area contributed by atoms with Crippen LogP contribution in [0.1, 0.15) is 34.6 Å². The lowest BCUT2D eigenvalue weighted by atomic mass is 9.97. The first-order valence-electron chi connectivity index (χ1n) is 7.41. The summed E-state index contributed by atoms with van der Waals surface area (Å²) in [4.78, 5) is 16.9. The number of nitrogens with zero attached hydrogens (tertiary/aromatic N) is 3. The van der Waals surface area contributed by atoms with E-state index in [1.54, 1.807) is 14.0 Å². The minimum Gasteiger partial charge on any atom is -0.317 e. The largest absolute Gasteiger partial charge is 0.446 e. The molecule has 1 saturated heterocycles. The minimum atomic E-state index is -2.66. The van der Waals surface area contributed by atoms with Gasteiger partial charge < -0.3 is 9.05 Å². The predicted molar refractivity (Wildman–Crippen MR) is 105 cm³/mol. The summed E-state index contributed by atoms with van der Waals surface area (Å²) < 4.78 is 15.0. The average Bonchev–Trinajstić information content (AvgIpc) is 2.52. The van der Waals surface area contributed by atoms with E-state index in [1.165, 1.54) is 16.1 Å². The van der Waals surface area contributed by atoms with E-state index >= 15 is 0 Å². The molecule has 11 heteroatoms. The van der Waals surface area contributed by atoms with Crippen molar-refractivity contribution in [2.45, 2.75) is 40.7 Å². The van der Waals surface area contributed by atoms with Gasteiger partial charge in [-0.3, -0.25) is 4.84 Å². The molecule has 0 bridgehead atoms. The third kappa shape index (κ3) is 6.48. The lowest BCUT2D eigenvalue weighted by Crippen LogP contribution is -2.36. The molecule has 0 spiro atoms. The van der Waals surface area contributed by atoms with Crippen LogP contribution in [-0.4, -0.2) is 52.1 Å². The minimum absolute atomic E-state index is 0.0220. The predicted octanol–water partition coefficient (Wildman–Crippen LogP) is 4.32. The van der Waals surface area contributed by atoms with Crippen LogP contribution in [0.4, 0.5) is 4.79 Å². The van der Waals surface area contributed by atoms with E-state index in [4.69, 9.17) is 25.7 Å². The summed E-state index contributed by atoms with van der Waals surface area (Å²) in [6.07, 6.45) is 1.27. The van der Waals surface area contributed by atoms with Crippen molar-refractivity contribution in [3.63, 3.8) is 0 Å². The zero-order valence-electron chi connectivity index (χ0n) is 15.1. The molecule has 0 aromatic heterocycles. The fraction of sp³-hybridized carbons (Fsp3) is 0.846. The molecule has 1 aliphatic heterocycles. The smallest absolute Gasteiger partial charge is 0.317 e. The quantitative estimate of drug-likeness (QED) is 0.164. The first-order chi connectivity index (χ1) is 11.0. The van der Waals surface area contributed by atoms with Crippen LogP contribution in [-0.2, 0) is 25.7 Å². The summed E-state index contributed by atoms with van der Waals surface area (Å²) >= 11 is 8.19. The number of amides is 1. The Balaban J connectivity index is 2.76. The average molecular weight is 416 g/mol. The maximum Gasteiger partial charge on any atom is 0.446 e. The molecule has 0 saturated carbocycles. The Morgan fingerprint density at radius 1 is 1.38 bits per heavy atom. The Bertz CT molecular complexity index is 517. The van der Waals surface area contributed by atoms with Crippen molar-refractivity contribution < 1.29 is 18.7 Å². The van der Waals surface area contributed by atoms with Crippen LogP contribution in [0.3, 0.4) is 0 Å². The van der Waals surface area contributed by atoms with Crippen molar-refractivity contribution in [1.82, 2.24) is 8.38 Å². The van der Waals surface area contributed by atoms with Crippen LogP contribution in [0.2, 0.25) is 0 Å². The Morgan fingerprint density at radius 3 is 2.38 bits per heavy atom. The number of hydrogen-bond acceptors (Lipinski definition) is 8. The van der Waals surface area contributed by atoms with Gasteiger partial charge in [0.15, 0.2) is 0 Å². The second kappa shape index (κ2) is 9.21. The van der Waals surface area contributed by atoms with E-state index in [0.29, 0.717) is 18.3 Å². The van der Waals surface area contributed by atoms with Gasteiger partial charge in [0.2, 0.25) is 0 Å². The van der Waals surface area contributed by atoms with E-state index < -0.39 is 12.7 Å². The van der Waals surface area contributed by atoms with Gasteiger partial charge in [-0.25, -0.2) is 9.10 Å². The highest BCUT2D eigenvalue weighted by molar-refractivity contribution is 8.15. The topological polar surface area (TPSA) is 63.6 Å². The second-order valence-electron chi connectivity index (χ2n) is 6.33. The van der Waals surface area contributed by atoms with E-state index in [9.17, 15) is 4.79 Å². The van der Waals surface area contributed by atoms with Gasteiger partial charge in [-0.1, -0.05) is 19.0 Å². The molecule has 1 aliphatic rings. The van der Waals surface area contributed by atoms with Gasteiger partial charge in [-0.05, 0) is 38.8 Å². The van der Waals surface area contributed by atoms with Gasteiger partial charge in [0.25, 0.3) is 6.64 Å². The molecule has 140 valence electrons. The van der Waals surface area contributed by atoms with Gasteiger partial charge in [0.1, 0.15) is 5.04 Å². The monoisotopic (exact) mass is 415 g/mol. The lowest BCUT2D eigenvalue weighted by Gasteiger charge is -2.42. The van der Waals surface area contributed by atoms with Gasteiger partial charge in [-0.2, -0.15) is 4.08 Å². The summed E-state index contributed by atoms with van der Waals surface area (Å²) in [5, 5.41) is 4.40. The third-order valence-corrected chi connectivity index (χ3v) is 8.77. The number of oxime groups is 1. The fourth-order valence-corrected chi connectivity index (χ4v) is 6.15. The van der Waals surface area contributed by atoms with E-state index in [2.05, 4.69) is 19.0 Å². The zero-order valence-corrected chi connectivity index (χ0v) is 18.5. The zero-order chi connectivity index (χ0) is 18.5. The maximum absolute atomic E-state index is 12.0. The van der Waals surface area contributed by atoms with Gasteiger partial charge >= 0.3 is 6.09 Å². The Labute approximate surface area is 158 Å².